The number of unbranched alkanes of at least 4 members (excludes halogenated alkanes) is 59. The summed E-state index contributed by atoms with van der Waals surface area (Å²) in [5.74, 6) is -0.770. The number of allylic oxidation sites excluding steroid dienone is 6. The highest BCUT2D eigenvalue weighted by Crippen LogP contribution is 2.43. The van der Waals surface area contributed by atoms with Gasteiger partial charge in [-0.05, 0) is 70.6 Å². The molecule has 0 aliphatic rings. The van der Waals surface area contributed by atoms with Crippen molar-refractivity contribution < 1.29 is 42.1 Å². The minimum absolute atomic E-state index is 0.0355. The maximum atomic E-state index is 12.9. The van der Waals surface area contributed by atoms with E-state index in [4.69, 9.17) is 18.5 Å². The van der Waals surface area contributed by atoms with Gasteiger partial charge in [0.1, 0.15) is 19.8 Å². The molecule has 0 aromatic heterocycles. The lowest BCUT2D eigenvalue weighted by molar-refractivity contribution is -0.870. The molecular weight excluding hydrogens is 1180 g/mol. The lowest BCUT2D eigenvalue weighted by Crippen LogP contribution is -2.37. The predicted octanol–water partition coefficient (Wildman–Crippen LogP) is 27.7. The number of carbonyl (C=O) groups excluding carboxylic acids is 2. The summed E-state index contributed by atoms with van der Waals surface area (Å²) in [6.07, 6.45) is 98.9. The Morgan fingerprint density at radius 2 is 0.574 bits per heavy atom. The molecule has 0 aromatic rings. The number of phosphoric acid groups is 1. The van der Waals surface area contributed by atoms with Gasteiger partial charge in [0.25, 0.3) is 0 Å². The van der Waals surface area contributed by atoms with Crippen LogP contribution in [0.5, 0.6) is 0 Å². The van der Waals surface area contributed by atoms with Crippen molar-refractivity contribution in [3.05, 3.63) is 36.5 Å². The number of carbonyl (C=O) groups is 2. The average molecular weight is 1350 g/mol. The number of hydrogen-bond acceptors (Lipinski definition) is 7. The Morgan fingerprint density at radius 3 is 0.851 bits per heavy atom. The third kappa shape index (κ3) is 79.2. The summed E-state index contributed by atoms with van der Waals surface area (Å²) >= 11 is 0. The van der Waals surface area contributed by atoms with Crippen molar-refractivity contribution in [2.24, 2.45) is 0 Å². The fourth-order valence-electron chi connectivity index (χ4n) is 12.8. The number of esters is 2. The second kappa shape index (κ2) is 75.4. The van der Waals surface area contributed by atoms with Gasteiger partial charge < -0.3 is 18.9 Å². The second-order valence-electron chi connectivity index (χ2n) is 29.9. The zero-order valence-corrected chi connectivity index (χ0v) is 64.6. The van der Waals surface area contributed by atoms with E-state index in [0.29, 0.717) is 23.9 Å². The smallest absolute Gasteiger partial charge is 0.462 e. The Balaban J connectivity index is 3.88. The molecule has 10 heteroatoms. The van der Waals surface area contributed by atoms with E-state index in [0.717, 1.165) is 38.5 Å². The van der Waals surface area contributed by atoms with Crippen molar-refractivity contribution in [1.82, 2.24) is 0 Å². The highest BCUT2D eigenvalue weighted by molar-refractivity contribution is 7.47. The minimum Gasteiger partial charge on any atom is -0.462 e. The number of phosphoric ester groups is 1. The van der Waals surface area contributed by atoms with E-state index in [9.17, 15) is 19.0 Å². The first-order valence-corrected chi connectivity index (χ1v) is 43.2. The molecule has 0 fully saturated rings. The molecule has 0 aromatic carbocycles. The van der Waals surface area contributed by atoms with E-state index >= 15 is 0 Å². The molecule has 0 bridgehead atoms. The van der Waals surface area contributed by atoms with Crippen LogP contribution >= 0.6 is 7.82 Å². The van der Waals surface area contributed by atoms with Crippen molar-refractivity contribution in [1.29, 1.82) is 0 Å². The van der Waals surface area contributed by atoms with Crippen LogP contribution in [0.1, 0.15) is 438 Å². The van der Waals surface area contributed by atoms with Crippen LogP contribution in [0.25, 0.3) is 0 Å². The standard InChI is InChI=1S/C84H162NO8P/c1-6-8-10-12-14-16-18-20-22-24-26-28-30-32-34-36-38-40-41-42-43-45-46-48-50-52-54-56-58-60-62-64-66-68-70-72-74-76-83(86)90-80-82(81-92-94(88,89)91-79-78-85(3,4)5)93-84(87)77-75-73-71-69-67-65-63-61-59-57-55-53-51-49-47-44-39-37-35-33-31-29-27-25-23-21-19-17-15-13-11-9-7-2/h19,21,24-27,82H,6-18,20,22-23,28-81H2,1-5H3/p+1/b21-19-,26-24-,27-25-. The van der Waals surface area contributed by atoms with Gasteiger partial charge in [0, 0.05) is 12.8 Å². The van der Waals surface area contributed by atoms with E-state index in [2.05, 4.69) is 50.3 Å². The highest BCUT2D eigenvalue weighted by Gasteiger charge is 2.27. The second-order valence-corrected chi connectivity index (χ2v) is 31.3. The normalized spacial score (nSPS) is 13.1. The summed E-state index contributed by atoms with van der Waals surface area (Å²) in [4.78, 5) is 36.0. The molecule has 0 radical (unpaired) electrons. The minimum atomic E-state index is -4.39. The molecule has 556 valence electrons. The first kappa shape index (κ1) is 92.2. The van der Waals surface area contributed by atoms with Gasteiger partial charge in [-0.3, -0.25) is 18.6 Å². The van der Waals surface area contributed by atoms with Crippen LogP contribution in [0.4, 0.5) is 0 Å². The lowest BCUT2D eigenvalue weighted by atomic mass is 10.0. The lowest BCUT2D eigenvalue weighted by Gasteiger charge is -2.24. The largest absolute Gasteiger partial charge is 0.472 e. The molecule has 94 heavy (non-hydrogen) atoms. The van der Waals surface area contributed by atoms with Crippen LogP contribution in [0.2, 0.25) is 0 Å². The molecule has 9 nitrogen and oxygen atoms in total. The van der Waals surface area contributed by atoms with E-state index in [1.54, 1.807) is 0 Å². The quantitative estimate of drug-likeness (QED) is 0.0211. The molecule has 0 spiro atoms. The number of likely N-dealkylation sites (N-methyl/N-ethyl adjacent to an activating group) is 1. The maximum absolute atomic E-state index is 12.9. The summed E-state index contributed by atoms with van der Waals surface area (Å²) in [6.45, 7) is 4.51. The molecule has 0 amide bonds. The predicted molar refractivity (Wildman–Crippen MR) is 409 cm³/mol. The zero-order valence-electron chi connectivity index (χ0n) is 63.7. The summed E-state index contributed by atoms with van der Waals surface area (Å²) < 4.78 is 34.9. The Bertz CT molecular complexity index is 1680. The molecule has 1 N–H and O–H groups in total. The molecule has 2 atom stereocenters. The molecule has 0 aliphatic heterocycles. The Morgan fingerprint density at radius 1 is 0.330 bits per heavy atom. The van der Waals surface area contributed by atoms with Gasteiger partial charge in [-0.1, -0.05) is 391 Å². The summed E-state index contributed by atoms with van der Waals surface area (Å²) in [5, 5.41) is 0. The van der Waals surface area contributed by atoms with Crippen LogP contribution in [-0.4, -0.2) is 74.9 Å². The van der Waals surface area contributed by atoms with Gasteiger partial charge in [0.2, 0.25) is 0 Å². The summed E-state index contributed by atoms with van der Waals surface area (Å²) in [7, 11) is 1.50. The van der Waals surface area contributed by atoms with Crippen LogP contribution in [0.15, 0.2) is 36.5 Å². The number of quaternary nitrogens is 1. The molecule has 0 rings (SSSR count). The summed E-state index contributed by atoms with van der Waals surface area (Å²) in [5.41, 5.74) is 0. The van der Waals surface area contributed by atoms with Crippen molar-refractivity contribution >= 4 is 19.8 Å². The van der Waals surface area contributed by atoms with Gasteiger partial charge in [-0.15, -0.1) is 0 Å². The number of rotatable bonds is 79. The van der Waals surface area contributed by atoms with Crippen molar-refractivity contribution in [2.45, 2.75) is 444 Å². The van der Waals surface area contributed by atoms with E-state index < -0.39 is 26.5 Å². The Kier molecular flexibility index (Phi) is 74.0. The third-order valence-corrected chi connectivity index (χ3v) is 20.1. The maximum Gasteiger partial charge on any atom is 0.472 e. The van der Waals surface area contributed by atoms with Crippen molar-refractivity contribution in [3.8, 4) is 0 Å². The molecular formula is C84H163NO8P+. The molecule has 0 saturated heterocycles. The van der Waals surface area contributed by atoms with Crippen molar-refractivity contribution in [2.75, 3.05) is 47.5 Å². The van der Waals surface area contributed by atoms with Gasteiger partial charge >= 0.3 is 19.8 Å². The topological polar surface area (TPSA) is 108 Å². The number of hydrogen-bond donors (Lipinski definition) is 1. The first-order valence-electron chi connectivity index (χ1n) is 41.7. The molecule has 0 heterocycles. The number of nitrogens with zero attached hydrogens (tertiary/aromatic N) is 1. The van der Waals surface area contributed by atoms with Gasteiger partial charge in [-0.2, -0.15) is 0 Å². The third-order valence-electron chi connectivity index (χ3n) is 19.1. The first-order chi connectivity index (χ1) is 46.0. The van der Waals surface area contributed by atoms with E-state index in [-0.39, 0.29) is 25.6 Å². The van der Waals surface area contributed by atoms with Crippen molar-refractivity contribution in [3.63, 3.8) is 0 Å². The molecule has 0 aliphatic carbocycles. The van der Waals surface area contributed by atoms with Gasteiger partial charge in [0.05, 0.1) is 27.7 Å². The fourth-order valence-corrected chi connectivity index (χ4v) is 13.5. The highest BCUT2D eigenvalue weighted by atomic mass is 31.2. The zero-order chi connectivity index (χ0) is 68.3. The van der Waals surface area contributed by atoms with Gasteiger partial charge in [0.15, 0.2) is 6.10 Å². The van der Waals surface area contributed by atoms with Crippen LogP contribution < -0.4 is 0 Å². The SMILES string of the molecule is CCCCCCC/C=C\C/C=C\CCCCCCCCCCCCCCCCCCCCCCCC(=O)OC(COC(=O)CCCCCCCCCCCCCCCCCCCCCCCCCCC/C=C\CCCCCCCCCC)COP(=O)(O)OCC[N+](C)(C)C. The van der Waals surface area contributed by atoms with E-state index in [1.165, 1.54) is 366 Å². The monoisotopic (exact) mass is 1350 g/mol. The van der Waals surface area contributed by atoms with Crippen LogP contribution in [-0.2, 0) is 32.7 Å². The van der Waals surface area contributed by atoms with E-state index in [1.807, 2.05) is 21.1 Å². The van der Waals surface area contributed by atoms with Crippen LogP contribution in [0, 0.1) is 0 Å². The summed E-state index contributed by atoms with van der Waals surface area (Å²) in [6, 6.07) is 0. The van der Waals surface area contributed by atoms with Crippen LogP contribution in [0.3, 0.4) is 0 Å². The number of ether oxygens (including phenoxy) is 2. The Hall–Kier alpha value is -1.77. The van der Waals surface area contributed by atoms with Gasteiger partial charge in [-0.25, -0.2) is 4.57 Å². The molecule has 0 saturated carbocycles. The average Bonchev–Trinajstić information content (AvgIpc) is 1.56. The Labute approximate surface area is 586 Å². The molecule has 2 unspecified atom stereocenters. The fraction of sp³-hybridized carbons (Fsp3) is 0.905.